The van der Waals surface area contributed by atoms with Gasteiger partial charge in [-0.1, -0.05) is 28.1 Å². The van der Waals surface area contributed by atoms with Gasteiger partial charge in [-0.2, -0.15) is 5.26 Å². The average Bonchev–Trinajstić information content (AvgIpc) is 1.98. The molecule has 1 aliphatic rings. The number of hydrogen-bond donors (Lipinski definition) is 0. The van der Waals surface area contributed by atoms with Crippen LogP contribution in [0.1, 0.15) is 12.8 Å². The van der Waals surface area contributed by atoms with Gasteiger partial charge in [0.2, 0.25) is 0 Å². The normalized spacial score (nSPS) is 22.2. The van der Waals surface area contributed by atoms with Crippen LogP contribution in [0.4, 0.5) is 0 Å². The summed E-state index contributed by atoms with van der Waals surface area (Å²) < 4.78 is 1.05. The van der Waals surface area contributed by atoms with Crippen molar-refractivity contribution >= 4 is 15.9 Å². The van der Waals surface area contributed by atoms with Gasteiger partial charge in [0.05, 0.1) is 6.07 Å². The van der Waals surface area contributed by atoms with E-state index in [4.69, 9.17) is 5.26 Å². The Morgan fingerprint density at radius 3 is 2.73 bits per heavy atom. The molecule has 11 heavy (non-hydrogen) atoms. The number of hydrogen-bond acceptors (Lipinski definition) is 1. The summed E-state index contributed by atoms with van der Waals surface area (Å²) in [6.07, 6.45) is 9.71. The number of nitrogens with zero attached hydrogens (tertiary/aromatic N) is 1. The maximum Gasteiger partial charge on any atom is 0.0988 e. The van der Waals surface area contributed by atoms with Crippen molar-refractivity contribution in [1.29, 1.82) is 5.26 Å². The van der Waals surface area contributed by atoms with Gasteiger partial charge in [0.1, 0.15) is 0 Å². The van der Waals surface area contributed by atoms with Crippen LogP contribution in [0.5, 0.6) is 0 Å². The fourth-order valence-electron chi connectivity index (χ4n) is 0.848. The molecular formula is C9H8BrN. The first-order chi connectivity index (χ1) is 5.33. The van der Waals surface area contributed by atoms with Crippen LogP contribution in [0.25, 0.3) is 0 Å². The van der Waals surface area contributed by atoms with E-state index in [1.54, 1.807) is 0 Å². The highest BCUT2D eigenvalue weighted by Crippen LogP contribution is 2.14. The topological polar surface area (TPSA) is 23.8 Å². The lowest BCUT2D eigenvalue weighted by atomic mass is 10.1. The first-order valence-corrected chi connectivity index (χ1v) is 4.26. The molecule has 0 aromatic rings. The average molecular weight is 210 g/mol. The highest BCUT2D eigenvalue weighted by molar-refractivity contribution is 9.11. The summed E-state index contributed by atoms with van der Waals surface area (Å²) in [7, 11) is 0. The van der Waals surface area contributed by atoms with Gasteiger partial charge in [-0.25, -0.2) is 0 Å². The van der Waals surface area contributed by atoms with E-state index in [1.807, 2.05) is 18.2 Å². The first kappa shape index (κ1) is 8.29. The van der Waals surface area contributed by atoms with Gasteiger partial charge >= 0.3 is 0 Å². The van der Waals surface area contributed by atoms with E-state index in [1.165, 1.54) is 0 Å². The zero-order chi connectivity index (χ0) is 8.10. The molecule has 0 heterocycles. The van der Waals surface area contributed by atoms with Gasteiger partial charge in [0.25, 0.3) is 0 Å². The minimum atomic E-state index is 0.745. The van der Waals surface area contributed by atoms with E-state index in [-0.39, 0.29) is 0 Å². The molecule has 0 fully saturated rings. The van der Waals surface area contributed by atoms with E-state index in [0.29, 0.717) is 0 Å². The Balaban J connectivity index is 2.81. The van der Waals surface area contributed by atoms with Crippen molar-refractivity contribution in [3.63, 3.8) is 0 Å². The molecule has 0 radical (unpaired) electrons. The van der Waals surface area contributed by atoms with Crippen LogP contribution in [0.15, 0.2) is 34.4 Å². The second-order valence-electron chi connectivity index (χ2n) is 2.27. The first-order valence-electron chi connectivity index (χ1n) is 3.47. The van der Waals surface area contributed by atoms with Crippen LogP contribution in [0.2, 0.25) is 0 Å². The lowest BCUT2D eigenvalue weighted by Crippen LogP contribution is -1.78. The molecule has 0 unspecified atom stereocenters. The Morgan fingerprint density at radius 1 is 1.27 bits per heavy atom. The Morgan fingerprint density at radius 2 is 2.00 bits per heavy atom. The van der Waals surface area contributed by atoms with Gasteiger partial charge in [-0.3, -0.25) is 0 Å². The maximum absolute atomic E-state index is 8.59. The Bertz CT molecular complexity index is 266. The monoisotopic (exact) mass is 209 g/mol. The molecule has 0 aliphatic heterocycles. The van der Waals surface area contributed by atoms with Crippen molar-refractivity contribution in [2.45, 2.75) is 12.8 Å². The molecule has 2 heteroatoms. The SMILES string of the molecule is N#CC1=CCC/C=C(\Br)C=C1. The summed E-state index contributed by atoms with van der Waals surface area (Å²) in [5, 5.41) is 8.59. The third kappa shape index (κ3) is 2.73. The van der Waals surface area contributed by atoms with E-state index in [9.17, 15) is 0 Å². The molecule has 0 N–H and O–H groups in total. The molecule has 0 spiro atoms. The van der Waals surface area contributed by atoms with Crippen LogP contribution >= 0.6 is 15.9 Å². The Labute approximate surface area is 74.8 Å². The Kier molecular flexibility index (Phi) is 3.13. The van der Waals surface area contributed by atoms with Crippen molar-refractivity contribution in [2.24, 2.45) is 0 Å². The molecule has 56 valence electrons. The predicted octanol–water partition coefficient (Wildman–Crippen LogP) is 3.07. The zero-order valence-electron chi connectivity index (χ0n) is 6.05. The van der Waals surface area contributed by atoms with Crippen molar-refractivity contribution in [3.8, 4) is 6.07 Å². The van der Waals surface area contributed by atoms with Crippen molar-refractivity contribution in [1.82, 2.24) is 0 Å². The molecule has 1 rings (SSSR count). The molecule has 0 atom stereocenters. The number of allylic oxidation sites excluding steroid dienone is 6. The highest BCUT2D eigenvalue weighted by Gasteiger charge is 1.93. The smallest absolute Gasteiger partial charge is 0.0988 e. The van der Waals surface area contributed by atoms with Crippen LogP contribution in [0.3, 0.4) is 0 Å². The summed E-state index contributed by atoms with van der Waals surface area (Å²) in [6, 6.07) is 2.12. The minimum absolute atomic E-state index is 0.745. The van der Waals surface area contributed by atoms with Crippen molar-refractivity contribution < 1.29 is 0 Å². The second kappa shape index (κ2) is 4.15. The molecule has 0 bridgehead atoms. The summed E-state index contributed by atoms with van der Waals surface area (Å²) in [4.78, 5) is 0. The third-order valence-electron chi connectivity index (χ3n) is 1.42. The number of rotatable bonds is 0. The second-order valence-corrected chi connectivity index (χ2v) is 3.19. The number of nitriles is 1. The van der Waals surface area contributed by atoms with Gasteiger partial charge in [-0.15, -0.1) is 0 Å². The van der Waals surface area contributed by atoms with Crippen molar-refractivity contribution in [3.05, 3.63) is 34.4 Å². The molecule has 0 aromatic carbocycles. The minimum Gasteiger partial charge on any atom is -0.192 e. The van der Waals surface area contributed by atoms with Gasteiger partial charge in [0.15, 0.2) is 0 Å². The fourth-order valence-corrected chi connectivity index (χ4v) is 1.21. The largest absolute Gasteiger partial charge is 0.192 e. The van der Waals surface area contributed by atoms with E-state index >= 15 is 0 Å². The summed E-state index contributed by atoms with van der Waals surface area (Å²) >= 11 is 3.37. The fraction of sp³-hybridized carbons (Fsp3) is 0.222. The Hall–Kier alpha value is -0.810. The van der Waals surface area contributed by atoms with Crippen LogP contribution < -0.4 is 0 Å². The molecule has 0 saturated carbocycles. The van der Waals surface area contributed by atoms with Gasteiger partial charge < -0.3 is 0 Å². The molecule has 1 nitrogen and oxygen atoms in total. The summed E-state index contributed by atoms with van der Waals surface area (Å²) in [6.45, 7) is 0. The summed E-state index contributed by atoms with van der Waals surface area (Å²) in [5.74, 6) is 0. The maximum atomic E-state index is 8.59. The van der Waals surface area contributed by atoms with Crippen molar-refractivity contribution in [2.75, 3.05) is 0 Å². The zero-order valence-corrected chi connectivity index (χ0v) is 7.63. The molecule has 0 saturated heterocycles. The lowest BCUT2D eigenvalue weighted by molar-refractivity contribution is 1.04. The highest BCUT2D eigenvalue weighted by atomic mass is 79.9. The number of halogens is 1. The van der Waals surface area contributed by atoms with E-state index in [2.05, 4.69) is 28.1 Å². The standard InChI is InChI=1S/C9H8BrN/c10-9-4-2-1-3-8(7-11)5-6-9/h3-6H,1-2H2/b6-5?,8-3?,9-4-. The molecular weight excluding hydrogens is 202 g/mol. The van der Waals surface area contributed by atoms with Crippen LogP contribution in [-0.4, -0.2) is 0 Å². The van der Waals surface area contributed by atoms with Gasteiger partial charge in [0, 0.05) is 10.1 Å². The van der Waals surface area contributed by atoms with E-state index in [0.717, 1.165) is 22.9 Å². The summed E-state index contributed by atoms with van der Waals surface area (Å²) in [5.41, 5.74) is 0.745. The van der Waals surface area contributed by atoms with Gasteiger partial charge in [-0.05, 0) is 25.0 Å². The quantitative estimate of drug-likeness (QED) is 0.602. The van der Waals surface area contributed by atoms with Crippen LogP contribution in [0, 0.1) is 11.3 Å². The molecule has 1 aliphatic carbocycles. The van der Waals surface area contributed by atoms with Crippen LogP contribution in [-0.2, 0) is 0 Å². The molecule has 0 aromatic heterocycles. The lowest BCUT2D eigenvalue weighted by Gasteiger charge is -1.95. The molecule has 0 amide bonds. The predicted molar refractivity (Wildman–Crippen MR) is 49.1 cm³/mol. The third-order valence-corrected chi connectivity index (χ3v) is 2.01. The van der Waals surface area contributed by atoms with E-state index < -0.39 is 0 Å².